The fourth-order valence-corrected chi connectivity index (χ4v) is 1.82. The predicted octanol–water partition coefficient (Wildman–Crippen LogP) is 4.30. The lowest BCUT2D eigenvalue weighted by molar-refractivity contribution is -0.384. The van der Waals surface area contributed by atoms with Crippen LogP contribution >= 0.6 is 0 Å². The van der Waals surface area contributed by atoms with E-state index in [-0.39, 0.29) is 5.56 Å². The van der Waals surface area contributed by atoms with Crippen LogP contribution in [0.1, 0.15) is 0 Å². The molecule has 110 valence electrons. The summed E-state index contributed by atoms with van der Waals surface area (Å²) in [7, 11) is 0. The van der Waals surface area contributed by atoms with E-state index in [4.69, 9.17) is 0 Å². The summed E-state index contributed by atoms with van der Waals surface area (Å²) in [4.78, 5) is 10.0. The zero-order chi connectivity index (χ0) is 15.6. The maximum absolute atomic E-state index is 13.9. The van der Waals surface area contributed by atoms with Crippen LogP contribution in [0, 0.1) is 15.9 Å². The monoisotopic (exact) mass is 301 g/mol. The van der Waals surface area contributed by atoms with Gasteiger partial charge < -0.3 is 4.74 Å². The van der Waals surface area contributed by atoms with Gasteiger partial charge in [0.25, 0.3) is 5.69 Å². The number of rotatable bonds is 3. The number of nitrogens with zero attached hydrogens (tertiary/aromatic N) is 1. The van der Waals surface area contributed by atoms with E-state index in [1.54, 1.807) is 0 Å². The second kappa shape index (κ2) is 5.39. The molecule has 2 aromatic rings. The lowest BCUT2D eigenvalue weighted by Crippen LogP contribution is -2.17. The predicted molar refractivity (Wildman–Crippen MR) is 65.2 cm³/mol. The molecule has 0 aliphatic rings. The SMILES string of the molecule is O=[N+]([O-])c1cccc(F)c1-c1ccccc1OC(F)(F)F. The second-order valence-electron chi connectivity index (χ2n) is 3.94. The summed E-state index contributed by atoms with van der Waals surface area (Å²) >= 11 is 0. The first-order chi connectivity index (χ1) is 9.79. The minimum Gasteiger partial charge on any atom is -0.405 e. The number of hydrogen-bond donors (Lipinski definition) is 0. The average Bonchev–Trinajstić information content (AvgIpc) is 2.37. The number of benzene rings is 2. The van der Waals surface area contributed by atoms with Crippen molar-refractivity contribution in [3.63, 3.8) is 0 Å². The van der Waals surface area contributed by atoms with Crippen molar-refractivity contribution in [2.75, 3.05) is 0 Å². The molecule has 0 radical (unpaired) electrons. The molecule has 0 amide bonds. The Labute approximate surface area is 115 Å². The molecule has 0 fully saturated rings. The Hall–Kier alpha value is -2.64. The van der Waals surface area contributed by atoms with E-state index in [1.807, 2.05) is 0 Å². The largest absolute Gasteiger partial charge is 0.573 e. The molecule has 8 heteroatoms. The third-order valence-electron chi connectivity index (χ3n) is 2.57. The molecule has 0 atom stereocenters. The first-order valence-electron chi connectivity index (χ1n) is 5.57. The minimum atomic E-state index is -4.99. The highest BCUT2D eigenvalue weighted by atomic mass is 19.4. The molecular weight excluding hydrogens is 294 g/mol. The summed E-state index contributed by atoms with van der Waals surface area (Å²) in [6.07, 6.45) is -4.99. The van der Waals surface area contributed by atoms with E-state index in [2.05, 4.69) is 4.74 Å². The molecule has 0 unspecified atom stereocenters. The van der Waals surface area contributed by atoms with Gasteiger partial charge in [-0.15, -0.1) is 13.2 Å². The number of halogens is 4. The third kappa shape index (κ3) is 3.28. The van der Waals surface area contributed by atoms with E-state index in [9.17, 15) is 27.7 Å². The molecule has 0 saturated carbocycles. The first kappa shape index (κ1) is 14.8. The summed E-state index contributed by atoms with van der Waals surface area (Å²) in [6.45, 7) is 0. The highest BCUT2D eigenvalue weighted by Gasteiger charge is 2.33. The summed E-state index contributed by atoms with van der Waals surface area (Å²) < 4.78 is 54.7. The summed E-state index contributed by atoms with van der Waals surface area (Å²) in [5, 5.41) is 10.9. The van der Waals surface area contributed by atoms with Crippen LogP contribution in [0.4, 0.5) is 23.2 Å². The Morgan fingerprint density at radius 1 is 1.05 bits per heavy atom. The van der Waals surface area contributed by atoms with Crippen molar-refractivity contribution >= 4 is 5.69 Å². The van der Waals surface area contributed by atoms with E-state index in [0.717, 1.165) is 30.3 Å². The van der Waals surface area contributed by atoms with Crippen molar-refractivity contribution < 1.29 is 27.2 Å². The average molecular weight is 301 g/mol. The van der Waals surface area contributed by atoms with Gasteiger partial charge in [0.05, 0.1) is 10.5 Å². The zero-order valence-corrected chi connectivity index (χ0v) is 10.2. The van der Waals surface area contributed by atoms with Crippen molar-refractivity contribution in [1.82, 2.24) is 0 Å². The highest BCUT2D eigenvalue weighted by molar-refractivity contribution is 5.78. The number of nitro groups is 1. The van der Waals surface area contributed by atoms with Crippen LogP contribution in [-0.2, 0) is 0 Å². The molecule has 0 saturated heterocycles. The van der Waals surface area contributed by atoms with Crippen molar-refractivity contribution in [1.29, 1.82) is 0 Å². The van der Waals surface area contributed by atoms with Crippen LogP contribution in [0.2, 0.25) is 0 Å². The molecule has 0 bridgehead atoms. The molecule has 0 aliphatic carbocycles. The molecule has 21 heavy (non-hydrogen) atoms. The Bertz CT molecular complexity index is 685. The van der Waals surface area contributed by atoms with Gasteiger partial charge in [0, 0.05) is 11.6 Å². The van der Waals surface area contributed by atoms with E-state index in [1.165, 1.54) is 12.1 Å². The van der Waals surface area contributed by atoms with E-state index in [0.29, 0.717) is 0 Å². The van der Waals surface area contributed by atoms with Crippen LogP contribution < -0.4 is 4.74 Å². The molecule has 0 aromatic heterocycles. The molecule has 0 aliphatic heterocycles. The molecule has 2 rings (SSSR count). The zero-order valence-electron chi connectivity index (χ0n) is 10.2. The van der Waals surface area contributed by atoms with Gasteiger partial charge in [0.1, 0.15) is 11.6 Å². The maximum atomic E-state index is 13.9. The maximum Gasteiger partial charge on any atom is 0.573 e. The third-order valence-corrected chi connectivity index (χ3v) is 2.57. The standard InChI is InChI=1S/C13H7F4NO3/c14-9-5-3-6-10(18(19)20)12(9)8-4-1-2-7-11(8)21-13(15,16)17/h1-7H. The van der Waals surface area contributed by atoms with Crippen LogP contribution in [0.15, 0.2) is 42.5 Å². The summed E-state index contributed by atoms with van der Waals surface area (Å²) in [6, 6.07) is 7.68. The topological polar surface area (TPSA) is 52.4 Å². The van der Waals surface area contributed by atoms with Gasteiger partial charge >= 0.3 is 6.36 Å². The van der Waals surface area contributed by atoms with Crippen molar-refractivity contribution in [3.05, 3.63) is 58.4 Å². The van der Waals surface area contributed by atoms with Crippen LogP contribution in [0.25, 0.3) is 11.1 Å². The minimum absolute atomic E-state index is 0.348. The van der Waals surface area contributed by atoms with Gasteiger partial charge in [0.2, 0.25) is 0 Å². The van der Waals surface area contributed by atoms with Gasteiger partial charge in [-0.2, -0.15) is 0 Å². The number of hydrogen-bond acceptors (Lipinski definition) is 3. The van der Waals surface area contributed by atoms with Crippen molar-refractivity contribution in [3.8, 4) is 16.9 Å². The number of nitro benzene ring substituents is 1. The Balaban J connectivity index is 2.66. The molecule has 0 N–H and O–H groups in total. The summed E-state index contributed by atoms with van der Waals surface area (Å²) in [5.74, 6) is -1.72. The molecular formula is C13H7F4NO3. The Kier molecular flexibility index (Phi) is 3.79. The number of para-hydroxylation sites is 1. The molecule has 0 spiro atoms. The van der Waals surface area contributed by atoms with E-state index < -0.39 is 34.1 Å². The lowest BCUT2D eigenvalue weighted by Gasteiger charge is -2.13. The van der Waals surface area contributed by atoms with Gasteiger partial charge in [-0.05, 0) is 12.1 Å². The summed E-state index contributed by atoms with van der Waals surface area (Å²) in [5.41, 5.74) is -1.55. The number of ether oxygens (including phenoxy) is 1. The quantitative estimate of drug-likeness (QED) is 0.482. The van der Waals surface area contributed by atoms with Gasteiger partial charge in [0.15, 0.2) is 0 Å². The fourth-order valence-electron chi connectivity index (χ4n) is 1.82. The van der Waals surface area contributed by atoms with Crippen LogP contribution in [-0.4, -0.2) is 11.3 Å². The smallest absolute Gasteiger partial charge is 0.405 e. The van der Waals surface area contributed by atoms with Gasteiger partial charge in [-0.1, -0.05) is 24.3 Å². The molecule has 2 aromatic carbocycles. The van der Waals surface area contributed by atoms with Crippen molar-refractivity contribution in [2.24, 2.45) is 0 Å². The van der Waals surface area contributed by atoms with E-state index >= 15 is 0 Å². The Morgan fingerprint density at radius 2 is 1.71 bits per heavy atom. The normalized spacial score (nSPS) is 11.2. The fraction of sp³-hybridized carbons (Fsp3) is 0.0769. The molecule has 0 heterocycles. The number of alkyl halides is 3. The first-order valence-corrected chi connectivity index (χ1v) is 5.57. The van der Waals surface area contributed by atoms with Crippen molar-refractivity contribution in [2.45, 2.75) is 6.36 Å². The highest BCUT2D eigenvalue weighted by Crippen LogP contribution is 2.39. The lowest BCUT2D eigenvalue weighted by atomic mass is 10.0. The second-order valence-corrected chi connectivity index (χ2v) is 3.94. The van der Waals surface area contributed by atoms with Gasteiger partial charge in [-0.25, -0.2) is 4.39 Å². The molecule has 4 nitrogen and oxygen atoms in total. The van der Waals surface area contributed by atoms with Gasteiger partial charge in [-0.3, -0.25) is 10.1 Å². The van der Waals surface area contributed by atoms with Crippen LogP contribution in [0.3, 0.4) is 0 Å². The Morgan fingerprint density at radius 3 is 2.33 bits per heavy atom. The van der Waals surface area contributed by atoms with Crippen LogP contribution in [0.5, 0.6) is 5.75 Å².